The summed E-state index contributed by atoms with van der Waals surface area (Å²) >= 11 is 0. The molecule has 1 unspecified atom stereocenters. The number of hydrogen-bond donors (Lipinski definition) is 1. The number of methoxy groups -OCH3 is 2. The van der Waals surface area contributed by atoms with Crippen LogP contribution in [0.3, 0.4) is 0 Å². The van der Waals surface area contributed by atoms with E-state index in [1.54, 1.807) is 14.2 Å². The number of nitrogens with zero attached hydrogens (tertiary/aromatic N) is 1. The summed E-state index contributed by atoms with van der Waals surface area (Å²) in [6, 6.07) is 6.77. The van der Waals surface area contributed by atoms with Gasteiger partial charge in [-0.15, -0.1) is 0 Å². The highest BCUT2D eigenvalue weighted by atomic mass is 16.5. The molecule has 1 atom stereocenters. The lowest BCUT2D eigenvalue weighted by atomic mass is 9.98. The van der Waals surface area contributed by atoms with Gasteiger partial charge in [-0.1, -0.05) is 6.07 Å². The van der Waals surface area contributed by atoms with Crippen LogP contribution in [-0.2, 0) is 6.42 Å². The second-order valence-electron chi connectivity index (χ2n) is 6.52. The van der Waals surface area contributed by atoms with Crippen LogP contribution in [0.5, 0.6) is 11.5 Å². The van der Waals surface area contributed by atoms with Crippen molar-refractivity contribution in [3.63, 3.8) is 0 Å². The first-order valence-corrected chi connectivity index (χ1v) is 7.65. The van der Waals surface area contributed by atoms with Gasteiger partial charge in [0, 0.05) is 31.2 Å². The predicted octanol–water partition coefficient (Wildman–Crippen LogP) is 2.32. The van der Waals surface area contributed by atoms with E-state index >= 15 is 0 Å². The molecule has 0 spiro atoms. The molecule has 1 heterocycles. The fraction of sp³-hybridized carbons (Fsp3) is 0.647. The van der Waals surface area contributed by atoms with E-state index < -0.39 is 0 Å². The quantitative estimate of drug-likeness (QED) is 0.903. The maximum absolute atomic E-state index is 5.37. The van der Waals surface area contributed by atoms with E-state index in [0.29, 0.717) is 6.04 Å². The average Bonchev–Trinajstić information content (AvgIpc) is 2.47. The normalized spacial score (nSPS) is 22.0. The van der Waals surface area contributed by atoms with E-state index in [0.717, 1.165) is 37.6 Å². The van der Waals surface area contributed by atoms with Gasteiger partial charge >= 0.3 is 0 Å². The van der Waals surface area contributed by atoms with Gasteiger partial charge in [0.15, 0.2) is 11.5 Å². The van der Waals surface area contributed by atoms with Gasteiger partial charge in [-0.2, -0.15) is 0 Å². The molecule has 1 aliphatic heterocycles. The molecule has 0 aliphatic carbocycles. The fourth-order valence-electron chi connectivity index (χ4n) is 2.88. The van der Waals surface area contributed by atoms with Crippen LogP contribution < -0.4 is 14.8 Å². The Morgan fingerprint density at radius 3 is 2.62 bits per heavy atom. The third kappa shape index (κ3) is 4.11. The molecule has 1 aromatic carbocycles. The summed E-state index contributed by atoms with van der Waals surface area (Å²) in [6.45, 7) is 10.0. The van der Waals surface area contributed by atoms with Crippen LogP contribution in [-0.4, -0.2) is 50.3 Å². The number of hydrogen-bond acceptors (Lipinski definition) is 4. The zero-order valence-electron chi connectivity index (χ0n) is 13.9. The first-order valence-electron chi connectivity index (χ1n) is 7.65. The number of benzene rings is 1. The Labute approximate surface area is 128 Å². The van der Waals surface area contributed by atoms with E-state index in [1.807, 2.05) is 6.07 Å². The van der Waals surface area contributed by atoms with Crippen LogP contribution >= 0.6 is 0 Å². The van der Waals surface area contributed by atoms with E-state index in [2.05, 4.69) is 43.1 Å². The van der Waals surface area contributed by atoms with Crippen LogP contribution in [0, 0.1) is 0 Å². The first-order chi connectivity index (χ1) is 9.95. The summed E-state index contributed by atoms with van der Waals surface area (Å²) in [4.78, 5) is 2.56. The molecule has 2 rings (SSSR count). The molecular formula is C17H28N2O2. The molecule has 1 N–H and O–H groups in total. The molecule has 0 radical (unpaired) electrons. The lowest BCUT2D eigenvalue weighted by molar-refractivity contribution is 0.106. The summed E-state index contributed by atoms with van der Waals surface area (Å²) in [6.07, 6.45) is 1.03. The van der Waals surface area contributed by atoms with Crippen molar-refractivity contribution in [1.29, 1.82) is 0 Å². The van der Waals surface area contributed by atoms with E-state index in [-0.39, 0.29) is 5.54 Å². The maximum atomic E-state index is 5.37. The number of ether oxygens (including phenoxy) is 2. The average molecular weight is 292 g/mol. The van der Waals surface area contributed by atoms with Gasteiger partial charge in [0.1, 0.15) is 0 Å². The topological polar surface area (TPSA) is 33.7 Å². The van der Waals surface area contributed by atoms with Gasteiger partial charge in [-0.3, -0.25) is 4.90 Å². The lowest BCUT2D eigenvalue weighted by Crippen LogP contribution is -2.60. The molecule has 0 amide bonds. The minimum Gasteiger partial charge on any atom is -0.493 e. The first kappa shape index (κ1) is 16.1. The van der Waals surface area contributed by atoms with Crippen LogP contribution in [0.25, 0.3) is 0 Å². The third-order valence-corrected chi connectivity index (χ3v) is 4.23. The number of piperazine rings is 1. The second kappa shape index (κ2) is 6.67. The van der Waals surface area contributed by atoms with Crippen LogP contribution in [0.2, 0.25) is 0 Å². The largest absolute Gasteiger partial charge is 0.493 e. The number of nitrogens with one attached hydrogen (secondary N) is 1. The van der Waals surface area contributed by atoms with Crippen molar-refractivity contribution in [2.75, 3.05) is 33.9 Å². The summed E-state index contributed by atoms with van der Waals surface area (Å²) in [7, 11) is 3.35. The van der Waals surface area contributed by atoms with Crippen molar-refractivity contribution in [2.45, 2.75) is 38.8 Å². The summed E-state index contributed by atoms with van der Waals surface area (Å²) in [5.41, 5.74) is 1.49. The second-order valence-corrected chi connectivity index (χ2v) is 6.52. The molecular weight excluding hydrogens is 264 g/mol. The molecule has 1 aliphatic rings. The molecule has 1 fully saturated rings. The molecule has 21 heavy (non-hydrogen) atoms. The van der Waals surface area contributed by atoms with Crippen molar-refractivity contribution in [1.82, 2.24) is 10.2 Å². The van der Waals surface area contributed by atoms with Crippen LogP contribution in [0.1, 0.15) is 26.3 Å². The minimum absolute atomic E-state index is 0.199. The maximum Gasteiger partial charge on any atom is 0.160 e. The predicted molar refractivity (Wildman–Crippen MR) is 86.4 cm³/mol. The Hall–Kier alpha value is -1.26. The van der Waals surface area contributed by atoms with E-state index in [1.165, 1.54) is 5.56 Å². The van der Waals surface area contributed by atoms with Crippen molar-refractivity contribution in [2.24, 2.45) is 0 Å². The Balaban J connectivity index is 1.99. The Morgan fingerprint density at radius 1 is 1.24 bits per heavy atom. The summed E-state index contributed by atoms with van der Waals surface area (Å²) < 4.78 is 10.7. The van der Waals surface area contributed by atoms with Crippen LogP contribution in [0.4, 0.5) is 0 Å². The lowest BCUT2D eigenvalue weighted by Gasteiger charge is -2.43. The zero-order valence-corrected chi connectivity index (χ0v) is 13.9. The molecule has 4 heteroatoms. The van der Waals surface area contributed by atoms with Gasteiger partial charge in [0.25, 0.3) is 0 Å². The van der Waals surface area contributed by atoms with Crippen molar-refractivity contribution in [3.8, 4) is 11.5 Å². The van der Waals surface area contributed by atoms with Crippen molar-refractivity contribution >= 4 is 0 Å². The highest BCUT2D eigenvalue weighted by Crippen LogP contribution is 2.28. The van der Waals surface area contributed by atoms with Gasteiger partial charge < -0.3 is 14.8 Å². The molecule has 1 aromatic rings. The smallest absolute Gasteiger partial charge is 0.160 e. The molecule has 0 bridgehead atoms. The Morgan fingerprint density at radius 2 is 1.95 bits per heavy atom. The standard InChI is InChI=1S/C17H28N2O2/c1-13-11-18-17(2,3)12-19(13)9-8-14-6-7-15(20-4)16(10-14)21-5/h6-7,10,13,18H,8-9,11-12H2,1-5H3. The Kier molecular flexibility index (Phi) is 5.12. The van der Waals surface area contributed by atoms with E-state index in [9.17, 15) is 0 Å². The van der Waals surface area contributed by atoms with Crippen molar-refractivity contribution < 1.29 is 9.47 Å². The van der Waals surface area contributed by atoms with Crippen molar-refractivity contribution in [3.05, 3.63) is 23.8 Å². The number of rotatable bonds is 5. The molecule has 0 aromatic heterocycles. The van der Waals surface area contributed by atoms with Crippen LogP contribution in [0.15, 0.2) is 18.2 Å². The van der Waals surface area contributed by atoms with E-state index in [4.69, 9.17) is 9.47 Å². The summed E-state index contributed by atoms with van der Waals surface area (Å²) in [5.74, 6) is 1.60. The molecule has 1 saturated heterocycles. The highest BCUT2D eigenvalue weighted by molar-refractivity contribution is 5.42. The Bertz CT molecular complexity index is 474. The molecule has 4 nitrogen and oxygen atoms in total. The third-order valence-electron chi connectivity index (χ3n) is 4.23. The van der Waals surface area contributed by atoms with Gasteiger partial charge in [-0.05, 0) is 44.9 Å². The van der Waals surface area contributed by atoms with Gasteiger partial charge in [-0.25, -0.2) is 0 Å². The SMILES string of the molecule is COc1ccc(CCN2CC(C)(C)NCC2C)cc1OC. The molecule has 118 valence electrons. The fourth-order valence-corrected chi connectivity index (χ4v) is 2.88. The monoisotopic (exact) mass is 292 g/mol. The molecule has 0 saturated carbocycles. The highest BCUT2D eigenvalue weighted by Gasteiger charge is 2.29. The zero-order chi connectivity index (χ0) is 15.5. The van der Waals surface area contributed by atoms with Gasteiger partial charge in [0.2, 0.25) is 0 Å². The van der Waals surface area contributed by atoms with Gasteiger partial charge in [0.05, 0.1) is 14.2 Å². The minimum atomic E-state index is 0.199. The summed E-state index contributed by atoms with van der Waals surface area (Å²) in [5, 5.41) is 3.59.